The normalized spacial score (nSPS) is 15.4. The molecule has 0 spiro atoms. The molecule has 4 rings (SSSR count). The maximum atomic E-state index is 13.0. The summed E-state index contributed by atoms with van der Waals surface area (Å²) < 4.78 is 0. The van der Waals surface area contributed by atoms with Gasteiger partial charge < -0.3 is 5.32 Å². The summed E-state index contributed by atoms with van der Waals surface area (Å²) in [6, 6.07) is 16.4. The number of rotatable bonds is 5. The largest absolute Gasteiger partial charge is 0.350 e. The molecule has 6 nitrogen and oxygen atoms in total. The lowest BCUT2D eigenvalue weighted by Crippen LogP contribution is -2.33. The number of fused-ring (bicyclic) bond motifs is 1. The molecule has 0 aliphatic carbocycles. The molecule has 1 aliphatic heterocycles. The van der Waals surface area contributed by atoms with Gasteiger partial charge in [0.2, 0.25) is 5.91 Å². The highest BCUT2D eigenvalue weighted by atomic mass is 16.2. The zero-order valence-corrected chi connectivity index (χ0v) is 15.5. The van der Waals surface area contributed by atoms with E-state index in [1.54, 1.807) is 29.4 Å². The minimum atomic E-state index is -0.436. The maximum absolute atomic E-state index is 13.0. The molecule has 2 amide bonds. The smallest absolute Gasteiger partial charge is 0.260 e. The molecule has 6 heteroatoms. The first-order valence-electron chi connectivity index (χ1n) is 9.15. The van der Waals surface area contributed by atoms with Crippen LogP contribution in [0.1, 0.15) is 39.8 Å². The highest BCUT2D eigenvalue weighted by molar-refractivity contribution is 6.11. The molecule has 0 saturated heterocycles. The Morgan fingerprint density at radius 2 is 1.93 bits per heavy atom. The Labute approximate surface area is 163 Å². The molecule has 2 aromatic heterocycles. The van der Waals surface area contributed by atoms with Gasteiger partial charge in [-0.2, -0.15) is 0 Å². The van der Waals surface area contributed by atoms with Crippen molar-refractivity contribution in [2.24, 2.45) is 0 Å². The standard InChI is InChI=1S/C22H20N4O2/c1-15-6-4-8-17(12-15)26-19(21-18(22(26)28)9-5-11-24-21)13-20(27)25-14-16-7-2-3-10-23-16/h2-12,19H,13-14H2,1H3,(H,25,27)/t19-/m0/s1. The van der Waals surface area contributed by atoms with Crippen molar-refractivity contribution in [3.05, 3.63) is 89.5 Å². The van der Waals surface area contributed by atoms with Crippen molar-refractivity contribution >= 4 is 17.5 Å². The van der Waals surface area contributed by atoms with Crippen molar-refractivity contribution in [2.45, 2.75) is 25.9 Å². The molecule has 1 N–H and O–H groups in total. The summed E-state index contributed by atoms with van der Waals surface area (Å²) in [6.45, 7) is 2.32. The van der Waals surface area contributed by atoms with Crippen LogP contribution in [0, 0.1) is 6.92 Å². The summed E-state index contributed by atoms with van der Waals surface area (Å²) in [4.78, 5) is 35.9. The molecule has 0 bridgehead atoms. The Balaban J connectivity index is 1.58. The molecule has 3 heterocycles. The lowest BCUT2D eigenvalue weighted by molar-refractivity contribution is -0.121. The van der Waals surface area contributed by atoms with Gasteiger partial charge in [0.05, 0.1) is 36.0 Å². The number of anilines is 1. The quantitative estimate of drug-likeness (QED) is 0.746. The summed E-state index contributed by atoms with van der Waals surface area (Å²) in [5, 5.41) is 2.89. The number of hydrogen-bond acceptors (Lipinski definition) is 4. The highest BCUT2D eigenvalue weighted by Gasteiger charge is 2.39. The average Bonchev–Trinajstić information content (AvgIpc) is 2.99. The summed E-state index contributed by atoms with van der Waals surface area (Å²) in [7, 11) is 0. The molecule has 3 aromatic rings. The number of amides is 2. The molecule has 28 heavy (non-hydrogen) atoms. The number of hydrogen-bond donors (Lipinski definition) is 1. The van der Waals surface area contributed by atoms with E-state index in [1.165, 1.54) is 0 Å². The van der Waals surface area contributed by atoms with Crippen molar-refractivity contribution in [1.29, 1.82) is 0 Å². The van der Waals surface area contributed by atoms with E-state index in [0.717, 1.165) is 16.9 Å². The Morgan fingerprint density at radius 3 is 2.71 bits per heavy atom. The van der Waals surface area contributed by atoms with Gasteiger partial charge in [-0.3, -0.25) is 24.5 Å². The molecular formula is C22H20N4O2. The number of nitrogens with one attached hydrogen (secondary N) is 1. The Kier molecular flexibility index (Phi) is 4.85. The van der Waals surface area contributed by atoms with Crippen molar-refractivity contribution in [1.82, 2.24) is 15.3 Å². The molecular weight excluding hydrogens is 352 g/mol. The van der Waals surface area contributed by atoms with Crippen molar-refractivity contribution in [3.8, 4) is 0 Å². The first-order valence-corrected chi connectivity index (χ1v) is 9.15. The van der Waals surface area contributed by atoms with Gasteiger partial charge >= 0.3 is 0 Å². The van der Waals surface area contributed by atoms with Crippen LogP contribution in [0.2, 0.25) is 0 Å². The highest BCUT2D eigenvalue weighted by Crippen LogP contribution is 2.38. The molecule has 1 aliphatic rings. The molecule has 1 atom stereocenters. The predicted molar refractivity (Wildman–Crippen MR) is 106 cm³/mol. The Morgan fingerprint density at radius 1 is 1.07 bits per heavy atom. The number of benzene rings is 1. The number of nitrogens with zero attached hydrogens (tertiary/aromatic N) is 3. The second-order valence-corrected chi connectivity index (χ2v) is 6.77. The van der Waals surface area contributed by atoms with Crippen LogP contribution < -0.4 is 10.2 Å². The number of carbonyl (C=O) groups excluding carboxylic acids is 2. The predicted octanol–water partition coefficient (Wildman–Crippen LogP) is 3.19. The second-order valence-electron chi connectivity index (χ2n) is 6.77. The van der Waals surface area contributed by atoms with Gasteiger partial charge in [0.1, 0.15) is 0 Å². The van der Waals surface area contributed by atoms with E-state index >= 15 is 0 Å². The Bertz CT molecular complexity index is 1020. The van der Waals surface area contributed by atoms with Crippen LogP contribution in [-0.4, -0.2) is 21.8 Å². The lowest BCUT2D eigenvalue weighted by Gasteiger charge is -2.25. The zero-order chi connectivity index (χ0) is 19.5. The Hall–Kier alpha value is -3.54. The van der Waals surface area contributed by atoms with Gasteiger partial charge in [-0.25, -0.2) is 0 Å². The average molecular weight is 372 g/mol. The number of pyridine rings is 2. The minimum absolute atomic E-state index is 0.128. The third-order valence-corrected chi connectivity index (χ3v) is 4.77. The van der Waals surface area contributed by atoms with Crippen LogP contribution in [0.3, 0.4) is 0 Å². The molecule has 1 aromatic carbocycles. The zero-order valence-electron chi connectivity index (χ0n) is 15.5. The van der Waals surface area contributed by atoms with Crippen molar-refractivity contribution < 1.29 is 9.59 Å². The lowest BCUT2D eigenvalue weighted by atomic mass is 10.1. The summed E-state index contributed by atoms with van der Waals surface area (Å²) >= 11 is 0. The van der Waals surface area contributed by atoms with Gasteiger partial charge in [-0.05, 0) is 48.9 Å². The van der Waals surface area contributed by atoms with Crippen LogP contribution in [-0.2, 0) is 11.3 Å². The van der Waals surface area contributed by atoms with E-state index in [1.807, 2.05) is 49.4 Å². The molecule has 0 radical (unpaired) electrons. The topological polar surface area (TPSA) is 75.2 Å². The number of aromatic nitrogens is 2. The monoisotopic (exact) mass is 372 g/mol. The fourth-order valence-corrected chi connectivity index (χ4v) is 3.46. The molecule has 0 saturated carbocycles. The first-order chi connectivity index (χ1) is 13.6. The first kappa shape index (κ1) is 17.9. The second kappa shape index (κ2) is 7.60. The number of carbonyl (C=O) groups is 2. The summed E-state index contributed by atoms with van der Waals surface area (Å²) in [6.07, 6.45) is 3.48. The van der Waals surface area contributed by atoms with Crippen molar-refractivity contribution in [3.63, 3.8) is 0 Å². The van der Waals surface area contributed by atoms with E-state index in [4.69, 9.17) is 0 Å². The van der Waals surface area contributed by atoms with Crippen molar-refractivity contribution in [2.75, 3.05) is 4.90 Å². The van der Waals surface area contributed by atoms with Crippen LogP contribution in [0.4, 0.5) is 5.69 Å². The van der Waals surface area contributed by atoms with Crippen LogP contribution in [0.5, 0.6) is 0 Å². The molecule has 140 valence electrons. The fourth-order valence-electron chi connectivity index (χ4n) is 3.46. The van der Waals surface area contributed by atoms with Crippen LogP contribution in [0.15, 0.2) is 67.0 Å². The summed E-state index contributed by atoms with van der Waals surface area (Å²) in [5.41, 5.74) is 3.79. The van der Waals surface area contributed by atoms with E-state index in [2.05, 4.69) is 15.3 Å². The summed E-state index contributed by atoms with van der Waals surface area (Å²) in [5.74, 6) is -0.282. The van der Waals surface area contributed by atoms with E-state index < -0.39 is 6.04 Å². The maximum Gasteiger partial charge on any atom is 0.260 e. The van der Waals surface area contributed by atoms with Gasteiger partial charge in [0.25, 0.3) is 5.91 Å². The van der Waals surface area contributed by atoms with E-state index in [9.17, 15) is 9.59 Å². The van der Waals surface area contributed by atoms with E-state index in [-0.39, 0.29) is 18.2 Å². The van der Waals surface area contributed by atoms with Gasteiger partial charge in [-0.1, -0.05) is 18.2 Å². The fraction of sp³-hybridized carbons (Fsp3) is 0.182. The molecule has 0 fully saturated rings. The molecule has 0 unspecified atom stereocenters. The SMILES string of the molecule is Cc1cccc(N2C(=O)c3cccnc3[C@@H]2CC(=O)NCc2ccccn2)c1. The van der Waals surface area contributed by atoms with Gasteiger partial charge in [0, 0.05) is 18.1 Å². The van der Waals surface area contributed by atoms with Gasteiger partial charge in [0.15, 0.2) is 0 Å². The third-order valence-electron chi connectivity index (χ3n) is 4.77. The van der Waals surface area contributed by atoms with Gasteiger partial charge in [-0.15, -0.1) is 0 Å². The van der Waals surface area contributed by atoms with E-state index in [0.29, 0.717) is 17.8 Å². The van der Waals surface area contributed by atoms with Crippen LogP contribution >= 0.6 is 0 Å². The minimum Gasteiger partial charge on any atom is -0.350 e. The third kappa shape index (κ3) is 3.49. The number of aryl methyl sites for hydroxylation is 1. The van der Waals surface area contributed by atoms with Crippen LogP contribution in [0.25, 0.3) is 0 Å².